The summed E-state index contributed by atoms with van der Waals surface area (Å²) in [6, 6.07) is 2.01. The molecule has 0 bridgehead atoms. The van der Waals surface area contributed by atoms with Crippen molar-refractivity contribution < 1.29 is 4.79 Å². The highest BCUT2D eigenvalue weighted by Gasteiger charge is 2.28. The van der Waals surface area contributed by atoms with Crippen LogP contribution in [0, 0.1) is 5.92 Å². The van der Waals surface area contributed by atoms with Crippen LogP contribution in [0.25, 0.3) is 0 Å². The van der Waals surface area contributed by atoms with E-state index in [-0.39, 0.29) is 11.9 Å². The molecule has 1 amide bonds. The van der Waals surface area contributed by atoms with Crippen molar-refractivity contribution in [1.29, 1.82) is 0 Å². The number of hydrogen-bond donors (Lipinski definition) is 1. The molecule has 1 aliphatic rings. The normalized spacial score (nSPS) is 22.2. The van der Waals surface area contributed by atoms with E-state index in [1.54, 1.807) is 12.3 Å². The lowest BCUT2D eigenvalue weighted by atomic mass is 9.94. The Morgan fingerprint density at radius 1 is 1.48 bits per heavy atom. The number of pyridine rings is 1. The lowest BCUT2D eigenvalue weighted by Crippen LogP contribution is -2.44. The zero-order valence-corrected chi connectivity index (χ0v) is 13.8. The van der Waals surface area contributed by atoms with E-state index in [0.29, 0.717) is 22.3 Å². The summed E-state index contributed by atoms with van der Waals surface area (Å²) in [4.78, 5) is 18.9. The van der Waals surface area contributed by atoms with E-state index >= 15 is 0 Å². The van der Waals surface area contributed by atoms with Gasteiger partial charge in [0.15, 0.2) is 0 Å². The number of likely N-dealkylation sites (tertiary alicyclic amines) is 1. The van der Waals surface area contributed by atoms with Crippen LogP contribution >= 0.6 is 11.6 Å². The van der Waals surface area contributed by atoms with E-state index in [1.807, 2.05) is 4.90 Å². The predicted molar refractivity (Wildman–Crippen MR) is 86.9 cm³/mol. The number of aromatic nitrogens is 1. The zero-order chi connectivity index (χ0) is 15.4. The monoisotopic (exact) mass is 309 g/mol. The molecule has 0 radical (unpaired) electrons. The van der Waals surface area contributed by atoms with Crippen molar-refractivity contribution >= 4 is 23.3 Å². The molecule has 0 aliphatic carbocycles. The number of anilines is 1. The Bertz CT molecular complexity index is 506. The van der Waals surface area contributed by atoms with Crippen LogP contribution in [0.5, 0.6) is 0 Å². The van der Waals surface area contributed by atoms with Crippen LogP contribution in [0.4, 0.5) is 5.82 Å². The Hall–Kier alpha value is -1.29. The van der Waals surface area contributed by atoms with Crippen LogP contribution in [-0.2, 0) is 0 Å². The third-order valence-corrected chi connectivity index (χ3v) is 4.30. The lowest BCUT2D eigenvalue weighted by molar-refractivity contribution is 0.0573. The second-order valence-electron chi connectivity index (χ2n) is 5.97. The first-order chi connectivity index (χ1) is 10.0. The van der Waals surface area contributed by atoms with E-state index < -0.39 is 0 Å². The van der Waals surface area contributed by atoms with Crippen molar-refractivity contribution in [2.45, 2.75) is 46.1 Å². The average molecular weight is 310 g/mol. The average Bonchev–Trinajstić information content (AvgIpc) is 2.47. The van der Waals surface area contributed by atoms with Gasteiger partial charge in [-0.1, -0.05) is 25.4 Å². The molecule has 4 nitrogen and oxygen atoms in total. The third kappa shape index (κ3) is 3.88. The second kappa shape index (κ2) is 7.12. The van der Waals surface area contributed by atoms with Gasteiger partial charge in [0.1, 0.15) is 5.82 Å². The third-order valence-electron chi connectivity index (χ3n) is 4.01. The van der Waals surface area contributed by atoms with Gasteiger partial charge in [-0.05, 0) is 38.2 Å². The molecule has 2 rings (SSSR count). The summed E-state index contributed by atoms with van der Waals surface area (Å²) >= 11 is 6.22. The number of piperidine rings is 1. The number of carbonyl (C=O) groups excluding carboxylic acids is 1. The zero-order valence-electron chi connectivity index (χ0n) is 13.0. The van der Waals surface area contributed by atoms with Crippen molar-refractivity contribution in [1.82, 2.24) is 9.88 Å². The number of nitrogens with one attached hydrogen (secondary N) is 1. The molecule has 1 aliphatic heterocycles. The number of halogens is 1. The van der Waals surface area contributed by atoms with Gasteiger partial charge in [0, 0.05) is 25.3 Å². The number of carbonyl (C=O) groups is 1. The van der Waals surface area contributed by atoms with Gasteiger partial charge < -0.3 is 10.2 Å². The highest BCUT2D eigenvalue weighted by atomic mass is 35.5. The van der Waals surface area contributed by atoms with Crippen molar-refractivity contribution in [3.63, 3.8) is 0 Å². The Kier molecular flexibility index (Phi) is 5.45. The van der Waals surface area contributed by atoms with Crippen molar-refractivity contribution in [2.24, 2.45) is 5.92 Å². The van der Waals surface area contributed by atoms with Crippen molar-refractivity contribution in [3.8, 4) is 0 Å². The van der Waals surface area contributed by atoms with E-state index in [4.69, 9.17) is 11.6 Å². The maximum Gasteiger partial charge on any atom is 0.255 e. The van der Waals surface area contributed by atoms with E-state index in [9.17, 15) is 4.79 Å². The Balaban J connectivity index is 2.13. The van der Waals surface area contributed by atoms with Crippen LogP contribution in [0.1, 0.15) is 50.4 Å². The summed E-state index contributed by atoms with van der Waals surface area (Å²) in [7, 11) is 0. The number of amides is 1. The first-order valence-corrected chi connectivity index (χ1v) is 8.11. The molecule has 1 aromatic rings. The van der Waals surface area contributed by atoms with Gasteiger partial charge in [0.2, 0.25) is 0 Å². The van der Waals surface area contributed by atoms with Crippen molar-refractivity contribution in [2.75, 3.05) is 18.4 Å². The summed E-state index contributed by atoms with van der Waals surface area (Å²) in [5.41, 5.74) is 0.572. The standard InChI is InChI=1S/C16H24ClN3O/c1-4-7-18-15-14(17)8-13(9-19-15)16(21)20-10-11(2)5-6-12(20)3/h8-9,11-12H,4-7,10H2,1-3H3,(H,18,19). The van der Waals surface area contributed by atoms with Gasteiger partial charge in [0.25, 0.3) is 5.91 Å². The molecule has 2 atom stereocenters. The Labute approximate surface area is 131 Å². The number of rotatable bonds is 4. The molecule has 0 saturated carbocycles. The number of hydrogen-bond acceptors (Lipinski definition) is 3. The van der Waals surface area contributed by atoms with Gasteiger partial charge in [-0.15, -0.1) is 0 Å². The molecule has 1 saturated heterocycles. The Morgan fingerprint density at radius 2 is 2.24 bits per heavy atom. The van der Waals surface area contributed by atoms with Gasteiger partial charge in [-0.2, -0.15) is 0 Å². The Morgan fingerprint density at radius 3 is 2.90 bits per heavy atom. The second-order valence-corrected chi connectivity index (χ2v) is 6.38. The molecule has 0 spiro atoms. The van der Waals surface area contributed by atoms with E-state index in [2.05, 4.69) is 31.1 Å². The van der Waals surface area contributed by atoms with E-state index in [1.165, 1.54) is 6.42 Å². The van der Waals surface area contributed by atoms with Gasteiger partial charge >= 0.3 is 0 Å². The summed E-state index contributed by atoms with van der Waals surface area (Å²) < 4.78 is 0. The highest BCUT2D eigenvalue weighted by molar-refractivity contribution is 6.33. The molecular formula is C16H24ClN3O. The summed E-state index contributed by atoms with van der Waals surface area (Å²) in [6.07, 6.45) is 4.87. The molecule has 5 heteroatoms. The predicted octanol–water partition coefficient (Wildman–Crippen LogP) is 3.82. The van der Waals surface area contributed by atoms with Crippen LogP contribution in [0.2, 0.25) is 5.02 Å². The quantitative estimate of drug-likeness (QED) is 0.919. The van der Waals surface area contributed by atoms with E-state index in [0.717, 1.165) is 25.9 Å². The molecule has 2 unspecified atom stereocenters. The van der Waals surface area contributed by atoms with Gasteiger partial charge in [0.05, 0.1) is 10.6 Å². The summed E-state index contributed by atoms with van der Waals surface area (Å²) in [6.45, 7) is 8.01. The van der Waals surface area contributed by atoms with Crippen LogP contribution < -0.4 is 5.32 Å². The molecular weight excluding hydrogens is 286 g/mol. The summed E-state index contributed by atoms with van der Waals surface area (Å²) in [5, 5.41) is 3.66. The van der Waals surface area contributed by atoms with Gasteiger partial charge in [-0.3, -0.25) is 4.79 Å². The first-order valence-electron chi connectivity index (χ1n) is 7.73. The highest BCUT2D eigenvalue weighted by Crippen LogP contribution is 2.25. The lowest BCUT2D eigenvalue weighted by Gasteiger charge is -2.36. The fourth-order valence-electron chi connectivity index (χ4n) is 2.67. The van der Waals surface area contributed by atoms with Crippen LogP contribution in [0.3, 0.4) is 0 Å². The largest absolute Gasteiger partial charge is 0.369 e. The molecule has 1 fully saturated rings. The molecule has 1 aromatic heterocycles. The fraction of sp³-hybridized carbons (Fsp3) is 0.625. The molecule has 116 valence electrons. The smallest absolute Gasteiger partial charge is 0.255 e. The minimum atomic E-state index is 0.0329. The maximum absolute atomic E-state index is 12.6. The topological polar surface area (TPSA) is 45.2 Å². The molecule has 1 N–H and O–H groups in total. The van der Waals surface area contributed by atoms with Crippen LogP contribution in [-0.4, -0.2) is 34.9 Å². The first kappa shape index (κ1) is 16.1. The molecule has 21 heavy (non-hydrogen) atoms. The number of nitrogens with zero attached hydrogens (tertiary/aromatic N) is 2. The van der Waals surface area contributed by atoms with Crippen LogP contribution in [0.15, 0.2) is 12.3 Å². The summed E-state index contributed by atoms with van der Waals surface area (Å²) in [5.74, 6) is 1.24. The molecule has 2 heterocycles. The fourth-order valence-corrected chi connectivity index (χ4v) is 2.90. The minimum Gasteiger partial charge on any atom is -0.369 e. The SMILES string of the molecule is CCCNc1ncc(C(=O)N2CC(C)CCC2C)cc1Cl. The minimum absolute atomic E-state index is 0.0329. The molecule has 0 aromatic carbocycles. The van der Waals surface area contributed by atoms with Gasteiger partial charge in [-0.25, -0.2) is 4.98 Å². The van der Waals surface area contributed by atoms with Crippen molar-refractivity contribution in [3.05, 3.63) is 22.8 Å². The maximum atomic E-state index is 12.6.